The van der Waals surface area contributed by atoms with E-state index in [1.54, 1.807) is 12.3 Å². The summed E-state index contributed by atoms with van der Waals surface area (Å²) >= 11 is 11.8. The highest BCUT2D eigenvalue weighted by Crippen LogP contribution is 2.13. The van der Waals surface area contributed by atoms with Crippen molar-refractivity contribution < 1.29 is 0 Å². The van der Waals surface area contributed by atoms with Crippen molar-refractivity contribution in [2.75, 3.05) is 13.1 Å². The van der Waals surface area contributed by atoms with Gasteiger partial charge in [0.15, 0.2) is 5.96 Å². The zero-order valence-electron chi connectivity index (χ0n) is 15.6. The molecule has 0 radical (unpaired) electrons. The largest absolute Gasteiger partial charge is 0.357 e. The standard InChI is InChI=1S/C20H22Cl2N6/c1-2-23-20(24-10-9-15-3-8-19(22)25-11-15)26-12-16-13-27-28(14-16)18-6-4-17(21)5-7-18/h3-8,11,13-14H,2,9-10,12H2,1H3,(H2,23,24,26). The van der Waals surface area contributed by atoms with Gasteiger partial charge in [-0.3, -0.25) is 0 Å². The average molecular weight is 417 g/mol. The van der Waals surface area contributed by atoms with Crippen LogP contribution in [-0.2, 0) is 13.0 Å². The lowest BCUT2D eigenvalue weighted by atomic mass is 10.2. The topological polar surface area (TPSA) is 67.1 Å². The number of benzene rings is 1. The number of nitrogens with one attached hydrogen (secondary N) is 2. The summed E-state index contributed by atoms with van der Waals surface area (Å²) in [4.78, 5) is 8.73. The average Bonchev–Trinajstić information content (AvgIpc) is 3.17. The van der Waals surface area contributed by atoms with Gasteiger partial charge in [0.05, 0.1) is 18.4 Å². The Balaban J connectivity index is 1.56. The summed E-state index contributed by atoms with van der Waals surface area (Å²) in [5.74, 6) is 0.767. The van der Waals surface area contributed by atoms with E-state index in [9.17, 15) is 0 Å². The molecule has 0 aliphatic carbocycles. The van der Waals surface area contributed by atoms with Gasteiger partial charge in [-0.05, 0) is 49.2 Å². The van der Waals surface area contributed by atoms with Gasteiger partial charge in [0, 0.05) is 36.1 Å². The molecule has 0 saturated heterocycles. The van der Waals surface area contributed by atoms with Crippen LogP contribution >= 0.6 is 23.2 Å². The molecule has 2 N–H and O–H groups in total. The predicted octanol–water partition coefficient (Wildman–Crippen LogP) is 3.87. The molecule has 1 aromatic carbocycles. The van der Waals surface area contributed by atoms with E-state index in [-0.39, 0.29) is 0 Å². The Bertz CT molecular complexity index is 903. The van der Waals surface area contributed by atoms with Crippen LogP contribution < -0.4 is 10.6 Å². The number of rotatable bonds is 7. The lowest BCUT2D eigenvalue weighted by Crippen LogP contribution is -2.38. The maximum atomic E-state index is 5.94. The van der Waals surface area contributed by atoms with Gasteiger partial charge in [0.25, 0.3) is 0 Å². The summed E-state index contributed by atoms with van der Waals surface area (Å²) < 4.78 is 1.81. The Kier molecular flexibility index (Phi) is 7.28. The van der Waals surface area contributed by atoms with Crippen molar-refractivity contribution in [3.8, 4) is 5.69 Å². The highest BCUT2D eigenvalue weighted by molar-refractivity contribution is 6.30. The van der Waals surface area contributed by atoms with Gasteiger partial charge in [-0.1, -0.05) is 29.3 Å². The van der Waals surface area contributed by atoms with Crippen LogP contribution in [0.3, 0.4) is 0 Å². The van der Waals surface area contributed by atoms with Crippen molar-refractivity contribution in [2.24, 2.45) is 4.99 Å². The Labute approximate surface area is 174 Å². The molecular weight excluding hydrogens is 395 g/mol. The van der Waals surface area contributed by atoms with Crippen LogP contribution in [0.4, 0.5) is 0 Å². The molecule has 3 rings (SSSR count). The first-order valence-electron chi connectivity index (χ1n) is 9.06. The second-order valence-corrected chi connectivity index (χ2v) is 6.95. The van der Waals surface area contributed by atoms with Crippen molar-refractivity contribution in [3.63, 3.8) is 0 Å². The van der Waals surface area contributed by atoms with Crippen LogP contribution in [-0.4, -0.2) is 33.8 Å². The number of nitrogens with zero attached hydrogens (tertiary/aromatic N) is 4. The summed E-state index contributed by atoms with van der Waals surface area (Å²) in [7, 11) is 0. The summed E-state index contributed by atoms with van der Waals surface area (Å²) in [6.07, 6.45) is 6.42. The number of hydrogen-bond donors (Lipinski definition) is 2. The first-order chi connectivity index (χ1) is 13.6. The molecule has 146 valence electrons. The quantitative estimate of drug-likeness (QED) is 0.348. The fourth-order valence-electron chi connectivity index (χ4n) is 2.57. The first kappa shape index (κ1) is 20.2. The van der Waals surface area contributed by atoms with E-state index < -0.39 is 0 Å². The van der Waals surface area contributed by atoms with Crippen molar-refractivity contribution in [1.29, 1.82) is 0 Å². The van der Waals surface area contributed by atoms with Crippen molar-refractivity contribution in [2.45, 2.75) is 19.9 Å². The van der Waals surface area contributed by atoms with Crippen molar-refractivity contribution in [1.82, 2.24) is 25.4 Å². The predicted molar refractivity (Wildman–Crippen MR) is 114 cm³/mol. The summed E-state index contributed by atoms with van der Waals surface area (Å²) in [6.45, 7) is 4.11. The first-order valence-corrected chi connectivity index (χ1v) is 9.81. The van der Waals surface area contributed by atoms with Crippen molar-refractivity contribution >= 4 is 29.2 Å². The van der Waals surface area contributed by atoms with E-state index in [1.165, 1.54) is 0 Å². The number of aromatic nitrogens is 3. The molecular formula is C20H22Cl2N6. The van der Waals surface area contributed by atoms with Crippen LogP contribution in [0.2, 0.25) is 10.2 Å². The van der Waals surface area contributed by atoms with E-state index in [4.69, 9.17) is 23.2 Å². The molecule has 28 heavy (non-hydrogen) atoms. The van der Waals surface area contributed by atoms with Crippen LogP contribution in [0.15, 0.2) is 60.0 Å². The van der Waals surface area contributed by atoms with Crippen LogP contribution in [0.1, 0.15) is 18.1 Å². The maximum absolute atomic E-state index is 5.94. The third-order valence-electron chi connectivity index (χ3n) is 3.99. The van der Waals surface area contributed by atoms with Gasteiger partial charge < -0.3 is 10.6 Å². The molecule has 0 spiro atoms. The molecule has 2 aromatic heterocycles. The van der Waals surface area contributed by atoms with Crippen LogP contribution in [0, 0.1) is 0 Å². The van der Waals surface area contributed by atoms with Crippen LogP contribution in [0.5, 0.6) is 0 Å². The third-order valence-corrected chi connectivity index (χ3v) is 4.46. The lowest BCUT2D eigenvalue weighted by molar-refractivity contribution is 0.798. The number of pyridine rings is 1. The number of halogens is 2. The fraction of sp³-hybridized carbons (Fsp3) is 0.250. The Morgan fingerprint density at radius 1 is 1.04 bits per heavy atom. The van der Waals surface area contributed by atoms with Gasteiger partial charge in [-0.25, -0.2) is 14.7 Å². The molecule has 0 aliphatic heterocycles. The van der Waals surface area contributed by atoms with Gasteiger partial charge in [0.1, 0.15) is 5.15 Å². The van der Waals surface area contributed by atoms with E-state index in [1.807, 2.05) is 54.3 Å². The van der Waals surface area contributed by atoms with E-state index in [0.29, 0.717) is 16.7 Å². The molecule has 8 heteroatoms. The molecule has 0 unspecified atom stereocenters. The number of hydrogen-bond acceptors (Lipinski definition) is 3. The van der Waals surface area contributed by atoms with Gasteiger partial charge in [0.2, 0.25) is 0 Å². The highest BCUT2D eigenvalue weighted by Gasteiger charge is 2.03. The third kappa shape index (κ3) is 5.97. The van der Waals surface area contributed by atoms with Gasteiger partial charge >= 0.3 is 0 Å². The second kappa shape index (κ2) is 10.1. The minimum atomic E-state index is 0.505. The van der Waals surface area contributed by atoms with Gasteiger partial charge in [-0.2, -0.15) is 5.10 Å². The molecule has 6 nitrogen and oxygen atoms in total. The summed E-state index contributed by atoms with van der Waals surface area (Å²) in [6, 6.07) is 11.3. The SMILES string of the molecule is CCNC(=NCc1cnn(-c2ccc(Cl)cc2)c1)NCCc1ccc(Cl)nc1. The van der Waals surface area contributed by atoms with E-state index in [2.05, 4.69) is 25.7 Å². The second-order valence-electron chi connectivity index (χ2n) is 6.13. The molecule has 0 aliphatic rings. The van der Waals surface area contributed by atoms with Crippen molar-refractivity contribution in [3.05, 3.63) is 76.3 Å². The fourth-order valence-corrected chi connectivity index (χ4v) is 2.81. The van der Waals surface area contributed by atoms with Gasteiger partial charge in [-0.15, -0.1) is 0 Å². The van der Waals surface area contributed by atoms with Crippen LogP contribution in [0.25, 0.3) is 5.69 Å². The van der Waals surface area contributed by atoms with E-state index in [0.717, 1.165) is 42.3 Å². The van der Waals surface area contributed by atoms with E-state index >= 15 is 0 Å². The number of guanidine groups is 1. The summed E-state index contributed by atoms with van der Waals surface area (Å²) in [5.41, 5.74) is 3.10. The maximum Gasteiger partial charge on any atom is 0.191 e. The Hall–Kier alpha value is -2.57. The normalized spacial score (nSPS) is 11.5. The molecule has 0 amide bonds. The zero-order valence-corrected chi connectivity index (χ0v) is 17.1. The molecule has 0 atom stereocenters. The molecule has 2 heterocycles. The lowest BCUT2D eigenvalue weighted by Gasteiger charge is -2.11. The molecule has 0 fully saturated rings. The Morgan fingerprint density at radius 2 is 1.86 bits per heavy atom. The molecule has 0 saturated carbocycles. The summed E-state index contributed by atoms with van der Waals surface area (Å²) in [5, 5.41) is 12.2. The monoisotopic (exact) mass is 416 g/mol. The molecule has 3 aromatic rings. The minimum absolute atomic E-state index is 0.505. The number of aliphatic imine (C=N–C) groups is 1. The Morgan fingerprint density at radius 3 is 2.57 bits per heavy atom. The smallest absolute Gasteiger partial charge is 0.191 e. The minimum Gasteiger partial charge on any atom is -0.357 e. The highest BCUT2D eigenvalue weighted by atomic mass is 35.5. The molecule has 0 bridgehead atoms. The zero-order chi connectivity index (χ0) is 19.8.